The van der Waals surface area contributed by atoms with E-state index in [0.29, 0.717) is 16.9 Å². The van der Waals surface area contributed by atoms with Crippen molar-refractivity contribution in [3.63, 3.8) is 0 Å². The topological polar surface area (TPSA) is 46.5 Å². The summed E-state index contributed by atoms with van der Waals surface area (Å²) in [5.41, 5.74) is 1.95. The zero-order chi connectivity index (χ0) is 14.5. The predicted octanol–water partition coefficient (Wildman–Crippen LogP) is 4.52. The first-order chi connectivity index (χ1) is 9.61. The molecule has 0 aromatic heterocycles. The van der Waals surface area contributed by atoms with Crippen LogP contribution in [0.5, 0.6) is 11.5 Å². The second kappa shape index (κ2) is 6.06. The molecule has 3 nitrogen and oxygen atoms in total. The van der Waals surface area contributed by atoms with Crippen LogP contribution in [0.3, 0.4) is 0 Å². The molecule has 0 saturated heterocycles. The number of allylic oxidation sites excluding steroid dienone is 1. The average Bonchev–Trinajstić information content (AvgIpc) is 2.41. The van der Waals surface area contributed by atoms with E-state index in [9.17, 15) is 4.79 Å². The third kappa shape index (κ3) is 3.06. The van der Waals surface area contributed by atoms with Crippen molar-refractivity contribution in [2.75, 3.05) is 0 Å². The highest BCUT2D eigenvalue weighted by molar-refractivity contribution is 5.89. The first-order valence-electron chi connectivity index (χ1n) is 6.35. The first kappa shape index (κ1) is 13.9. The Morgan fingerprint density at radius 2 is 1.95 bits per heavy atom. The number of para-hydroxylation sites is 1. The van der Waals surface area contributed by atoms with Crippen LogP contribution < -0.4 is 4.74 Å². The minimum Gasteiger partial charge on any atom is -0.478 e. The van der Waals surface area contributed by atoms with E-state index in [2.05, 4.69) is 0 Å². The van der Waals surface area contributed by atoms with Gasteiger partial charge in [-0.25, -0.2) is 4.79 Å². The molecule has 0 amide bonds. The number of carboxylic acid groups (broad SMARTS) is 1. The molecule has 0 fully saturated rings. The molecule has 3 heteroatoms. The summed E-state index contributed by atoms with van der Waals surface area (Å²) in [5, 5.41) is 9.01. The predicted molar refractivity (Wildman–Crippen MR) is 79.4 cm³/mol. The fraction of sp³-hybridized carbons (Fsp3) is 0.118. The molecule has 0 unspecified atom stereocenters. The van der Waals surface area contributed by atoms with Crippen LogP contribution in [0.25, 0.3) is 6.08 Å². The van der Waals surface area contributed by atoms with Gasteiger partial charge in [-0.15, -0.1) is 0 Å². The van der Waals surface area contributed by atoms with E-state index in [1.165, 1.54) is 0 Å². The van der Waals surface area contributed by atoms with Gasteiger partial charge in [-0.05, 0) is 43.7 Å². The molecule has 0 atom stereocenters. The number of rotatable bonds is 4. The molecular formula is C17H16O3. The quantitative estimate of drug-likeness (QED) is 0.886. The second-order valence-corrected chi connectivity index (χ2v) is 4.42. The Kier molecular flexibility index (Phi) is 4.20. The van der Waals surface area contributed by atoms with Gasteiger partial charge in [0.05, 0.1) is 5.56 Å². The van der Waals surface area contributed by atoms with Crippen molar-refractivity contribution in [2.45, 2.75) is 13.8 Å². The fourth-order valence-corrected chi connectivity index (χ4v) is 1.96. The van der Waals surface area contributed by atoms with Gasteiger partial charge in [-0.1, -0.05) is 30.4 Å². The van der Waals surface area contributed by atoms with Gasteiger partial charge < -0.3 is 9.84 Å². The van der Waals surface area contributed by atoms with Crippen molar-refractivity contribution in [1.82, 2.24) is 0 Å². The number of benzene rings is 2. The molecule has 2 aromatic carbocycles. The molecule has 2 rings (SSSR count). The maximum absolute atomic E-state index is 11.0. The zero-order valence-corrected chi connectivity index (χ0v) is 11.5. The van der Waals surface area contributed by atoms with Gasteiger partial charge >= 0.3 is 5.97 Å². The average molecular weight is 268 g/mol. The number of carboxylic acids is 1. The van der Waals surface area contributed by atoms with Gasteiger partial charge in [0.2, 0.25) is 0 Å². The minimum atomic E-state index is -0.927. The highest BCUT2D eigenvalue weighted by atomic mass is 16.5. The Labute approximate surface area is 118 Å². The van der Waals surface area contributed by atoms with Crippen LogP contribution >= 0.6 is 0 Å². The number of aromatic carboxylic acids is 1. The van der Waals surface area contributed by atoms with Gasteiger partial charge in [0.25, 0.3) is 0 Å². The van der Waals surface area contributed by atoms with Crippen LogP contribution in [0.2, 0.25) is 0 Å². The lowest BCUT2D eigenvalue weighted by Crippen LogP contribution is -1.99. The number of carbonyl (C=O) groups is 1. The summed E-state index contributed by atoms with van der Waals surface area (Å²) in [6.45, 7) is 3.71. The van der Waals surface area contributed by atoms with Crippen molar-refractivity contribution >= 4 is 12.0 Å². The molecule has 0 heterocycles. The van der Waals surface area contributed by atoms with E-state index < -0.39 is 5.97 Å². The molecule has 0 saturated carbocycles. The Bertz CT molecular complexity index is 657. The second-order valence-electron chi connectivity index (χ2n) is 4.42. The Hall–Kier alpha value is -2.55. The van der Waals surface area contributed by atoms with Crippen molar-refractivity contribution in [2.24, 2.45) is 0 Å². The lowest BCUT2D eigenvalue weighted by atomic mass is 10.1. The molecule has 0 radical (unpaired) electrons. The van der Waals surface area contributed by atoms with Crippen LogP contribution in [0.15, 0.2) is 48.5 Å². The molecule has 0 aliphatic heterocycles. The van der Waals surface area contributed by atoms with E-state index in [-0.39, 0.29) is 0 Å². The van der Waals surface area contributed by atoms with Crippen LogP contribution in [0, 0.1) is 6.92 Å². The van der Waals surface area contributed by atoms with Crippen molar-refractivity contribution in [3.8, 4) is 11.5 Å². The Morgan fingerprint density at radius 3 is 2.60 bits per heavy atom. The lowest BCUT2D eigenvalue weighted by Gasteiger charge is -2.10. The molecule has 0 spiro atoms. The van der Waals surface area contributed by atoms with Crippen molar-refractivity contribution in [3.05, 3.63) is 65.2 Å². The summed E-state index contributed by atoms with van der Waals surface area (Å²) < 4.78 is 5.83. The van der Waals surface area contributed by atoms with E-state index in [0.717, 1.165) is 11.3 Å². The molecular weight excluding hydrogens is 252 g/mol. The van der Waals surface area contributed by atoms with Gasteiger partial charge in [0.15, 0.2) is 0 Å². The number of aryl methyl sites for hydroxylation is 1. The SMILES string of the molecule is C/C=C/c1ccccc1Oc1ccc(C(=O)O)c(C)c1. The lowest BCUT2D eigenvalue weighted by molar-refractivity contribution is 0.0696. The highest BCUT2D eigenvalue weighted by Gasteiger charge is 2.08. The normalized spacial score (nSPS) is 10.7. The van der Waals surface area contributed by atoms with Crippen LogP contribution in [-0.4, -0.2) is 11.1 Å². The molecule has 2 aromatic rings. The summed E-state index contributed by atoms with van der Waals surface area (Å²) in [6, 6.07) is 12.7. The Morgan fingerprint density at radius 1 is 1.20 bits per heavy atom. The Balaban J connectivity index is 2.31. The first-order valence-corrected chi connectivity index (χ1v) is 6.35. The summed E-state index contributed by atoms with van der Waals surface area (Å²) in [4.78, 5) is 11.0. The van der Waals surface area contributed by atoms with Crippen LogP contribution in [0.1, 0.15) is 28.4 Å². The molecule has 1 N–H and O–H groups in total. The standard InChI is InChI=1S/C17H16O3/c1-3-6-13-7-4-5-8-16(13)20-14-9-10-15(17(18)19)12(2)11-14/h3-11H,1-2H3,(H,18,19)/b6-3+. The third-order valence-electron chi connectivity index (χ3n) is 2.92. The van der Waals surface area contributed by atoms with Gasteiger partial charge in [-0.3, -0.25) is 0 Å². The summed E-state index contributed by atoms with van der Waals surface area (Å²) in [7, 11) is 0. The maximum atomic E-state index is 11.0. The third-order valence-corrected chi connectivity index (χ3v) is 2.92. The number of hydrogen-bond donors (Lipinski definition) is 1. The monoisotopic (exact) mass is 268 g/mol. The van der Waals surface area contributed by atoms with Gasteiger partial charge in [-0.2, -0.15) is 0 Å². The summed E-state index contributed by atoms with van der Waals surface area (Å²) in [5.74, 6) is 0.445. The van der Waals surface area contributed by atoms with Crippen molar-refractivity contribution < 1.29 is 14.6 Å². The fourth-order valence-electron chi connectivity index (χ4n) is 1.96. The summed E-state index contributed by atoms with van der Waals surface area (Å²) >= 11 is 0. The smallest absolute Gasteiger partial charge is 0.335 e. The van der Waals surface area contributed by atoms with Crippen LogP contribution in [-0.2, 0) is 0 Å². The minimum absolute atomic E-state index is 0.291. The number of ether oxygens (including phenoxy) is 1. The maximum Gasteiger partial charge on any atom is 0.335 e. The summed E-state index contributed by atoms with van der Waals surface area (Å²) in [6.07, 6.45) is 3.91. The van der Waals surface area contributed by atoms with E-state index >= 15 is 0 Å². The van der Waals surface area contributed by atoms with Gasteiger partial charge in [0.1, 0.15) is 11.5 Å². The van der Waals surface area contributed by atoms with Crippen LogP contribution in [0.4, 0.5) is 0 Å². The van der Waals surface area contributed by atoms with E-state index in [4.69, 9.17) is 9.84 Å². The molecule has 0 aliphatic rings. The van der Waals surface area contributed by atoms with E-state index in [1.807, 2.05) is 43.3 Å². The van der Waals surface area contributed by atoms with E-state index in [1.54, 1.807) is 25.1 Å². The molecule has 0 aliphatic carbocycles. The molecule has 20 heavy (non-hydrogen) atoms. The van der Waals surface area contributed by atoms with Crippen molar-refractivity contribution in [1.29, 1.82) is 0 Å². The highest BCUT2D eigenvalue weighted by Crippen LogP contribution is 2.27. The van der Waals surface area contributed by atoms with Gasteiger partial charge in [0, 0.05) is 5.56 Å². The zero-order valence-electron chi connectivity index (χ0n) is 11.5. The number of hydrogen-bond acceptors (Lipinski definition) is 2. The molecule has 0 bridgehead atoms. The molecule has 102 valence electrons. The largest absolute Gasteiger partial charge is 0.478 e.